The lowest BCUT2D eigenvalue weighted by molar-refractivity contribution is -0.143. The molecule has 1 atom stereocenters. The highest BCUT2D eigenvalue weighted by atomic mass is 35.5. The highest BCUT2D eigenvalue weighted by molar-refractivity contribution is 6.35. The second-order valence-corrected chi connectivity index (χ2v) is 7.78. The molecular weight excluding hydrogens is 423 g/mol. The number of amides is 2. The Balaban J connectivity index is 2.16. The minimum atomic E-state index is -0.584. The Morgan fingerprint density at radius 2 is 1.83 bits per heavy atom. The van der Waals surface area contributed by atoms with Crippen molar-refractivity contribution in [3.63, 3.8) is 0 Å². The maximum absolute atomic E-state index is 13.1. The Morgan fingerprint density at radius 3 is 2.47 bits per heavy atom. The number of nitrogens with zero attached hydrogens (tertiary/aromatic N) is 1. The molecule has 0 aliphatic rings. The minimum Gasteiger partial charge on any atom is -0.482 e. The van der Waals surface area contributed by atoms with Crippen LogP contribution >= 0.6 is 23.2 Å². The van der Waals surface area contributed by atoms with Gasteiger partial charge in [-0.1, -0.05) is 73.8 Å². The molecule has 0 saturated heterocycles. The highest BCUT2D eigenvalue weighted by Crippen LogP contribution is 2.27. The number of carbonyl (C=O) groups is 2. The predicted molar refractivity (Wildman–Crippen MR) is 121 cm³/mol. The zero-order valence-electron chi connectivity index (χ0n) is 17.4. The Bertz CT molecular complexity index is 830. The Morgan fingerprint density at radius 1 is 1.10 bits per heavy atom. The number of rotatable bonds is 11. The third-order valence-corrected chi connectivity index (χ3v) is 5.19. The summed E-state index contributed by atoms with van der Waals surface area (Å²) in [6.07, 6.45) is 2.38. The molecule has 1 N–H and O–H groups in total. The average molecular weight is 451 g/mol. The van der Waals surface area contributed by atoms with Gasteiger partial charge in [0.15, 0.2) is 6.61 Å². The fourth-order valence-corrected chi connectivity index (χ4v) is 3.48. The van der Waals surface area contributed by atoms with Crippen LogP contribution in [0.4, 0.5) is 0 Å². The van der Waals surface area contributed by atoms with Gasteiger partial charge in [-0.2, -0.15) is 0 Å². The maximum atomic E-state index is 13.1. The molecular formula is C23H28Cl2N2O3. The summed E-state index contributed by atoms with van der Waals surface area (Å²) in [6.45, 7) is 4.64. The molecule has 0 saturated carbocycles. The van der Waals surface area contributed by atoms with Crippen molar-refractivity contribution in [2.45, 2.75) is 45.7 Å². The monoisotopic (exact) mass is 450 g/mol. The molecule has 5 nitrogen and oxygen atoms in total. The Labute approximate surface area is 188 Å². The van der Waals surface area contributed by atoms with E-state index in [1.165, 1.54) is 0 Å². The van der Waals surface area contributed by atoms with Gasteiger partial charge in [0.2, 0.25) is 5.91 Å². The Kier molecular flexibility index (Phi) is 9.98. The van der Waals surface area contributed by atoms with Gasteiger partial charge >= 0.3 is 0 Å². The molecule has 0 radical (unpaired) electrons. The molecule has 0 aliphatic heterocycles. The van der Waals surface area contributed by atoms with Gasteiger partial charge in [0.1, 0.15) is 11.8 Å². The first-order valence-electron chi connectivity index (χ1n) is 10.1. The SMILES string of the molecule is CCCCNC(=O)[C@H](CC)N(Cc1ccccc1)C(=O)COc1ccc(Cl)cc1Cl. The molecule has 2 aromatic carbocycles. The number of carbonyl (C=O) groups excluding carboxylic acids is 2. The smallest absolute Gasteiger partial charge is 0.261 e. The van der Waals surface area contributed by atoms with Crippen molar-refractivity contribution in [3.05, 3.63) is 64.1 Å². The highest BCUT2D eigenvalue weighted by Gasteiger charge is 2.28. The van der Waals surface area contributed by atoms with Crippen LogP contribution in [0.3, 0.4) is 0 Å². The molecule has 162 valence electrons. The van der Waals surface area contributed by atoms with Gasteiger partial charge in [0.05, 0.1) is 5.02 Å². The summed E-state index contributed by atoms with van der Waals surface area (Å²) in [5.74, 6) is -0.0726. The van der Waals surface area contributed by atoms with Crippen LogP contribution in [0.5, 0.6) is 5.75 Å². The van der Waals surface area contributed by atoms with E-state index in [1.807, 2.05) is 37.3 Å². The lowest BCUT2D eigenvalue weighted by Gasteiger charge is -2.30. The normalized spacial score (nSPS) is 11.6. The third-order valence-electron chi connectivity index (χ3n) is 4.66. The van der Waals surface area contributed by atoms with Crippen LogP contribution in [0.2, 0.25) is 10.0 Å². The third kappa shape index (κ3) is 7.22. The zero-order valence-corrected chi connectivity index (χ0v) is 18.9. The van der Waals surface area contributed by atoms with E-state index >= 15 is 0 Å². The molecule has 0 fully saturated rings. The van der Waals surface area contributed by atoms with Gasteiger partial charge in [0, 0.05) is 18.1 Å². The first kappa shape index (κ1) is 24.0. The molecule has 0 spiro atoms. The molecule has 0 aromatic heterocycles. The second kappa shape index (κ2) is 12.5. The average Bonchev–Trinajstić information content (AvgIpc) is 2.73. The molecule has 0 aliphatic carbocycles. The summed E-state index contributed by atoms with van der Waals surface area (Å²) in [5.41, 5.74) is 0.940. The summed E-state index contributed by atoms with van der Waals surface area (Å²) in [6, 6.07) is 13.8. The number of hydrogen-bond donors (Lipinski definition) is 1. The molecule has 0 heterocycles. The van der Waals surface area contributed by atoms with Crippen LogP contribution in [0.15, 0.2) is 48.5 Å². The van der Waals surface area contributed by atoms with Crippen molar-refractivity contribution < 1.29 is 14.3 Å². The maximum Gasteiger partial charge on any atom is 0.261 e. The number of benzene rings is 2. The largest absolute Gasteiger partial charge is 0.482 e. The van der Waals surface area contributed by atoms with E-state index in [9.17, 15) is 9.59 Å². The van der Waals surface area contributed by atoms with Crippen molar-refractivity contribution in [1.82, 2.24) is 10.2 Å². The first-order chi connectivity index (χ1) is 14.5. The van der Waals surface area contributed by atoms with Crippen molar-refractivity contribution >= 4 is 35.0 Å². The molecule has 30 heavy (non-hydrogen) atoms. The second-order valence-electron chi connectivity index (χ2n) is 6.94. The van der Waals surface area contributed by atoms with E-state index < -0.39 is 6.04 Å². The van der Waals surface area contributed by atoms with Crippen LogP contribution in [-0.4, -0.2) is 35.9 Å². The summed E-state index contributed by atoms with van der Waals surface area (Å²) in [4.78, 5) is 27.4. The summed E-state index contributed by atoms with van der Waals surface area (Å²) in [7, 11) is 0. The van der Waals surface area contributed by atoms with Gasteiger partial charge in [0.25, 0.3) is 5.91 Å². The first-order valence-corrected chi connectivity index (χ1v) is 10.9. The van der Waals surface area contributed by atoms with E-state index in [0.717, 1.165) is 18.4 Å². The van der Waals surface area contributed by atoms with Gasteiger partial charge in [-0.15, -0.1) is 0 Å². The molecule has 7 heteroatoms. The fraction of sp³-hybridized carbons (Fsp3) is 0.391. The quantitative estimate of drug-likeness (QED) is 0.484. The van der Waals surface area contributed by atoms with E-state index in [0.29, 0.717) is 35.3 Å². The minimum absolute atomic E-state index is 0.153. The Hall–Kier alpha value is -2.24. The number of nitrogens with one attached hydrogen (secondary N) is 1. The van der Waals surface area contributed by atoms with E-state index in [2.05, 4.69) is 12.2 Å². The fourth-order valence-electron chi connectivity index (χ4n) is 3.02. The van der Waals surface area contributed by atoms with Crippen LogP contribution in [-0.2, 0) is 16.1 Å². The van der Waals surface area contributed by atoms with Crippen molar-refractivity contribution in [3.8, 4) is 5.75 Å². The van der Waals surface area contributed by atoms with Crippen molar-refractivity contribution in [2.24, 2.45) is 0 Å². The number of halogens is 2. The number of hydrogen-bond acceptors (Lipinski definition) is 3. The standard InChI is InChI=1S/C23H28Cl2N2O3/c1-3-5-13-26-23(29)20(4-2)27(15-17-9-7-6-8-10-17)22(28)16-30-21-12-11-18(24)14-19(21)25/h6-12,14,20H,3-5,13,15-16H2,1-2H3,(H,26,29)/t20-/m0/s1. The van der Waals surface area contributed by atoms with Crippen molar-refractivity contribution in [1.29, 1.82) is 0 Å². The van der Waals surface area contributed by atoms with Crippen LogP contribution in [0.1, 0.15) is 38.7 Å². The lowest BCUT2D eigenvalue weighted by atomic mass is 10.1. The molecule has 2 rings (SSSR count). The lowest BCUT2D eigenvalue weighted by Crippen LogP contribution is -2.50. The molecule has 2 amide bonds. The summed E-state index contributed by atoms with van der Waals surface area (Å²) >= 11 is 12.0. The van der Waals surface area contributed by atoms with Gasteiger partial charge in [-0.05, 0) is 36.6 Å². The molecule has 0 unspecified atom stereocenters. The van der Waals surface area contributed by atoms with Gasteiger partial charge < -0.3 is 15.0 Å². The summed E-state index contributed by atoms with van der Waals surface area (Å²) in [5, 5.41) is 3.75. The van der Waals surface area contributed by atoms with Crippen LogP contribution < -0.4 is 10.1 Å². The van der Waals surface area contributed by atoms with Crippen LogP contribution in [0, 0.1) is 0 Å². The number of unbranched alkanes of at least 4 members (excludes halogenated alkanes) is 1. The van der Waals surface area contributed by atoms with E-state index in [-0.39, 0.29) is 18.4 Å². The molecule has 0 bridgehead atoms. The number of ether oxygens (including phenoxy) is 1. The van der Waals surface area contributed by atoms with E-state index in [4.69, 9.17) is 27.9 Å². The van der Waals surface area contributed by atoms with Gasteiger partial charge in [-0.3, -0.25) is 9.59 Å². The summed E-state index contributed by atoms with van der Waals surface area (Å²) < 4.78 is 5.63. The molecule has 2 aromatic rings. The van der Waals surface area contributed by atoms with E-state index in [1.54, 1.807) is 23.1 Å². The van der Waals surface area contributed by atoms with Gasteiger partial charge in [-0.25, -0.2) is 0 Å². The topological polar surface area (TPSA) is 58.6 Å². The van der Waals surface area contributed by atoms with Crippen molar-refractivity contribution in [2.75, 3.05) is 13.2 Å². The zero-order chi connectivity index (χ0) is 21.9. The predicted octanol–water partition coefficient (Wildman–Crippen LogP) is 5.10. The van der Waals surface area contributed by atoms with Crippen LogP contribution in [0.25, 0.3) is 0 Å².